The van der Waals surface area contributed by atoms with Crippen LogP contribution >= 0.6 is 0 Å². The third kappa shape index (κ3) is 2.73. The number of nitrogens with zero attached hydrogens (tertiary/aromatic N) is 1. The van der Waals surface area contributed by atoms with Gasteiger partial charge >= 0.3 is 12.6 Å². The predicted octanol–water partition coefficient (Wildman–Crippen LogP) is 1.87. The highest BCUT2D eigenvalue weighted by molar-refractivity contribution is 6.03. The average molecular weight is 257 g/mol. The summed E-state index contributed by atoms with van der Waals surface area (Å²) in [5.74, 6) is -1.13. The van der Waals surface area contributed by atoms with Gasteiger partial charge in [0.2, 0.25) is 6.10 Å². The first kappa shape index (κ1) is 12.3. The zero-order chi connectivity index (χ0) is 13.1. The Morgan fingerprint density at radius 1 is 1.56 bits per heavy atom. The normalized spacial score (nSPS) is 18.4. The van der Waals surface area contributed by atoms with Crippen LogP contribution in [0.2, 0.25) is 0 Å². The fraction of sp³-hybridized carbons (Fsp3) is 0.273. The maximum Gasteiger partial charge on any atom is 0.387 e. The van der Waals surface area contributed by atoms with Crippen molar-refractivity contribution in [2.45, 2.75) is 19.1 Å². The molecule has 5 nitrogen and oxygen atoms in total. The van der Waals surface area contributed by atoms with Gasteiger partial charge in [-0.2, -0.15) is 8.78 Å². The number of benzene rings is 1. The highest BCUT2D eigenvalue weighted by Gasteiger charge is 2.28. The van der Waals surface area contributed by atoms with Gasteiger partial charge in [-0.3, -0.25) is 0 Å². The summed E-state index contributed by atoms with van der Waals surface area (Å²) in [4.78, 5) is 15.4. The largest absolute Gasteiger partial charge is 0.478 e. The molecule has 0 aliphatic carbocycles. The molecule has 0 aromatic heterocycles. The Morgan fingerprint density at radius 2 is 2.33 bits per heavy atom. The van der Waals surface area contributed by atoms with Gasteiger partial charge < -0.3 is 14.7 Å². The minimum absolute atomic E-state index is 0.0102. The molecule has 0 amide bonds. The van der Waals surface area contributed by atoms with Gasteiger partial charge in [0.25, 0.3) is 0 Å². The van der Waals surface area contributed by atoms with Gasteiger partial charge in [0, 0.05) is 12.0 Å². The van der Waals surface area contributed by atoms with E-state index in [9.17, 15) is 13.6 Å². The van der Waals surface area contributed by atoms with Crippen molar-refractivity contribution in [3.63, 3.8) is 0 Å². The van der Waals surface area contributed by atoms with E-state index in [1.54, 1.807) is 6.07 Å². The number of carboxylic acid groups (broad SMARTS) is 1. The number of carboxylic acids is 1. The van der Waals surface area contributed by atoms with Crippen molar-refractivity contribution in [1.29, 1.82) is 0 Å². The zero-order valence-corrected chi connectivity index (χ0v) is 9.05. The molecule has 18 heavy (non-hydrogen) atoms. The molecule has 0 bridgehead atoms. The van der Waals surface area contributed by atoms with Crippen LogP contribution in [0.15, 0.2) is 29.4 Å². The van der Waals surface area contributed by atoms with E-state index in [0.29, 0.717) is 11.3 Å². The van der Waals surface area contributed by atoms with E-state index in [4.69, 9.17) is 9.94 Å². The first-order valence-corrected chi connectivity index (χ1v) is 5.07. The second-order valence-electron chi connectivity index (χ2n) is 3.58. The number of carbonyl (C=O) groups is 1. The van der Waals surface area contributed by atoms with Crippen molar-refractivity contribution in [3.05, 3.63) is 29.8 Å². The molecule has 1 aliphatic heterocycles. The summed E-state index contributed by atoms with van der Waals surface area (Å²) in [6.45, 7) is -2.91. The smallest absolute Gasteiger partial charge is 0.387 e. The first-order chi connectivity index (χ1) is 8.56. The molecule has 0 saturated heterocycles. The van der Waals surface area contributed by atoms with Gasteiger partial charge in [-0.1, -0.05) is 17.3 Å². The van der Waals surface area contributed by atoms with E-state index in [0.717, 1.165) is 0 Å². The van der Waals surface area contributed by atoms with Crippen molar-refractivity contribution < 1.29 is 28.3 Å². The quantitative estimate of drug-likeness (QED) is 0.893. The second kappa shape index (κ2) is 4.99. The summed E-state index contributed by atoms with van der Waals surface area (Å²) in [6.07, 6.45) is -0.937. The SMILES string of the molecule is O=C(O)C1CC(c2cccc(OC(F)F)c2)=NO1. The number of aliphatic carboxylic acids is 1. The maximum absolute atomic E-state index is 12.0. The van der Waals surface area contributed by atoms with Crippen LogP contribution in [-0.2, 0) is 9.63 Å². The van der Waals surface area contributed by atoms with Crippen LogP contribution in [0, 0.1) is 0 Å². The third-order valence-electron chi connectivity index (χ3n) is 2.34. The van der Waals surface area contributed by atoms with E-state index in [-0.39, 0.29) is 12.2 Å². The van der Waals surface area contributed by atoms with Crippen LogP contribution in [0.3, 0.4) is 0 Å². The molecule has 1 aliphatic rings. The van der Waals surface area contributed by atoms with Gasteiger partial charge in [0.05, 0.1) is 5.71 Å². The monoisotopic (exact) mass is 257 g/mol. The molecule has 2 rings (SSSR count). The maximum atomic E-state index is 12.0. The summed E-state index contributed by atoms with van der Waals surface area (Å²) >= 11 is 0. The van der Waals surface area contributed by atoms with Crippen LogP contribution in [-0.4, -0.2) is 29.5 Å². The Hall–Kier alpha value is -2.18. The Bertz CT molecular complexity index is 490. The average Bonchev–Trinajstić information content (AvgIpc) is 2.77. The van der Waals surface area contributed by atoms with Gasteiger partial charge in [-0.25, -0.2) is 4.79 Å². The Labute approximate surface area is 101 Å². The molecule has 1 atom stereocenters. The van der Waals surface area contributed by atoms with Crippen LogP contribution in [0.4, 0.5) is 8.78 Å². The van der Waals surface area contributed by atoms with Crippen LogP contribution in [0.25, 0.3) is 0 Å². The zero-order valence-electron chi connectivity index (χ0n) is 9.05. The molecular weight excluding hydrogens is 248 g/mol. The van der Waals surface area contributed by atoms with Crippen LogP contribution in [0.5, 0.6) is 5.75 Å². The highest BCUT2D eigenvalue weighted by atomic mass is 19.3. The molecule has 0 saturated carbocycles. The molecular formula is C11H9F2NO4. The molecule has 1 aromatic carbocycles. The van der Waals surface area contributed by atoms with Gasteiger partial charge in [-0.05, 0) is 12.1 Å². The van der Waals surface area contributed by atoms with Crippen molar-refractivity contribution in [3.8, 4) is 5.75 Å². The lowest BCUT2D eigenvalue weighted by Gasteiger charge is -2.06. The van der Waals surface area contributed by atoms with Crippen molar-refractivity contribution in [2.24, 2.45) is 5.16 Å². The molecule has 0 fully saturated rings. The minimum atomic E-state index is -2.91. The summed E-state index contributed by atoms with van der Waals surface area (Å²) in [7, 11) is 0. The lowest BCUT2D eigenvalue weighted by Crippen LogP contribution is -2.19. The third-order valence-corrected chi connectivity index (χ3v) is 2.34. The molecule has 96 valence electrons. The van der Waals surface area contributed by atoms with E-state index < -0.39 is 18.7 Å². The Kier molecular flexibility index (Phi) is 3.40. The minimum Gasteiger partial charge on any atom is -0.478 e. The molecule has 1 heterocycles. The van der Waals surface area contributed by atoms with Crippen LogP contribution < -0.4 is 4.74 Å². The van der Waals surface area contributed by atoms with Crippen molar-refractivity contribution in [1.82, 2.24) is 0 Å². The summed E-state index contributed by atoms with van der Waals surface area (Å²) in [6, 6.07) is 5.87. The number of hydrogen-bond acceptors (Lipinski definition) is 4. The number of hydrogen-bond donors (Lipinski definition) is 1. The molecule has 1 unspecified atom stereocenters. The van der Waals surface area contributed by atoms with Crippen molar-refractivity contribution in [2.75, 3.05) is 0 Å². The fourth-order valence-electron chi connectivity index (χ4n) is 1.53. The van der Waals surface area contributed by atoms with Crippen LogP contribution in [0.1, 0.15) is 12.0 Å². The Balaban J connectivity index is 2.12. The number of halogens is 2. The van der Waals surface area contributed by atoms with E-state index >= 15 is 0 Å². The molecule has 1 aromatic rings. The van der Waals surface area contributed by atoms with E-state index in [1.807, 2.05) is 0 Å². The van der Waals surface area contributed by atoms with Gasteiger partial charge in [0.15, 0.2) is 0 Å². The topological polar surface area (TPSA) is 68.1 Å². The predicted molar refractivity (Wildman–Crippen MR) is 56.7 cm³/mol. The summed E-state index contributed by atoms with van der Waals surface area (Å²) in [5.41, 5.74) is 0.888. The standard InChI is InChI=1S/C11H9F2NO4/c12-11(13)17-7-3-1-2-6(4-7)8-5-9(10(15)16)18-14-8/h1-4,9,11H,5H2,(H,15,16). The number of oxime groups is 1. The summed E-state index contributed by atoms with van der Waals surface area (Å²) < 4.78 is 28.3. The van der Waals surface area contributed by atoms with E-state index in [2.05, 4.69) is 9.89 Å². The number of rotatable bonds is 4. The Morgan fingerprint density at radius 3 is 2.94 bits per heavy atom. The molecule has 0 spiro atoms. The second-order valence-corrected chi connectivity index (χ2v) is 3.58. The van der Waals surface area contributed by atoms with E-state index in [1.165, 1.54) is 18.2 Å². The molecule has 7 heteroatoms. The summed E-state index contributed by atoms with van der Waals surface area (Å²) in [5, 5.41) is 12.4. The highest BCUT2D eigenvalue weighted by Crippen LogP contribution is 2.21. The number of ether oxygens (including phenoxy) is 1. The van der Waals surface area contributed by atoms with Gasteiger partial charge in [-0.15, -0.1) is 0 Å². The lowest BCUT2D eigenvalue weighted by molar-refractivity contribution is -0.148. The van der Waals surface area contributed by atoms with Crippen molar-refractivity contribution >= 4 is 11.7 Å². The first-order valence-electron chi connectivity index (χ1n) is 5.07. The van der Waals surface area contributed by atoms with Gasteiger partial charge in [0.1, 0.15) is 5.75 Å². The molecule has 0 radical (unpaired) electrons. The fourth-order valence-corrected chi connectivity index (χ4v) is 1.53. The lowest BCUT2D eigenvalue weighted by atomic mass is 10.0. The molecule has 1 N–H and O–H groups in total. The number of alkyl halides is 2.